The van der Waals surface area contributed by atoms with E-state index < -0.39 is 5.41 Å². The number of hydrogen-bond acceptors (Lipinski definition) is 2. The third-order valence-corrected chi connectivity index (χ3v) is 4.23. The van der Waals surface area contributed by atoms with Gasteiger partial charge in [0.1, 0.15) is 0 Å². The summed E-state index contributed by atoms with van der Waals surface area (Å²) in [6, 6.07) is 15.8. The Morgan fingerprint density at radius 1 is 0.714 bits per heavy atom. The van der Waals surface area contributed by atoms with Crippen LogP contribution in [-0.4, -0.2) is 11.8 Å². The average Bonchev–Trinajstić information content (AvgIpc) is 2.56. The van der Waals surface area contributed by atoms with E-state index in [4.69, 9.17) is 0 Å². The lowest BCUT2D eigenvalue weighted by Crippen LogP contribution is -2.27. The van der Waals surface area contributed by atoms with Gasteiger partial charge >= 0.3 is 0 Å². The summed E-state index contributed by atoms with van der Waals surface area (Å²) < 4.78 is 0. The van der Waals surface area contributed by atoms with E-state index in [1.54, 1.807) is 0 Å². The van der Waals surface area contributed by atoms with E-state index in [0.29, 0.717) is 6.42 Å². The molecule has 0 bridgehead atoms. The number of amides is 2. The van der Waals surface area contributed by atoms with Crippen molar-refractivity contribution in [2.45, 2.75) is 54.4 Å². The van der Waals surface area contributed by atoms with Crippen molar-refractivity contribution in [2.75, 3.05) is 10.6 Å². The van der Waals surface area contributed by atoms with Gasteiger partial charge < -0.3 is 10.6 Å². The SMILES string of the molecule is CC(C)(C)CC(=O)Nc1ccc(Cc2ccc(NC(=O)C(C)(C)C)cc2)cc1. The van der Waals surface area contributed by atoms with Gasteiger partial charge in [-0.2, -0.15) is 0 Å². The highest BCUT2D eigenvalue weighted by atomic mass is 16.2. The molecule has 2 rings (SSSR count). The van der Waals surface area contributed by atoms with Crippen LogP contribution in [0.5, 0.6) is 0 Å². The first kappa shape index (κ1) is 21.7. The van der Waals surface area contributed by atoms with Gasteiger partial charge in [-0.1, -0.05) is 65.8 Å². The molecule has 2 aromatic rings. The van der Waals surface area contributed by atoms with Gasteiger partial charge in [0.05, 0.1) is 0 Å². The molecule has 0 saturated carbocycles. The number of anilines is 2. The number of carbonyl (C=O) groups excluding carboxylic acids is 2. The van der Waals surface area contributed by atoms with E-state index >= 15 is 0 Å². The minimum Gasteiger partial charge on any atom is -0.326 e. The Labute approximate surface area is 168 Å². The van der Waals surface area contributed by atoms with Crippen LogP contribution < -0.4 is 10.6 Å². The van der Waals surface area contributed by atoms with Gasteiger partial charge in [-0.3, -0.25) is 9.59 Å². The van der Waals surface area contributed by atoms with Crippen molar-refractivity contribution in [2.24, 2.45) is 10.8 Å². The smallest absolute Gasteiger partial charge is 0.229 e. The Morgan fingerprint density at radius 2 is 1.14 bits per heavy atom. The summed E-state index contributed by atoms with van der Waals surface area (Å²) in [4.78, 5) is 24.1. The summed E-state index contributed by atoms with van der Waals surface area (Å²) in [5, 5.41) is 5.88. The monoisotopic (exact) mass is 380 g/mol. The zero-order chi connectivity index (χ0) is 20.9. The van der Waals surface area contributed by atoms with E-state index in [0.717, 1.165) is 17.8 Å². The van der Waals surface area contributed by atoms with E-state index in [1.165, 1.54) is 11.1 Å². The van der Waals surface area contributed by atoms with Gasteiger partial charge in [0.2, 0.25) is 11.8 Å². The molecule has 0 aromatic heterocycles. The third kappa shape index (κ3) is 7.18. The van der Waals surface area contributed by atoms with Crippen LogP contribution in [0, 0.1) is 10.8 Å². The normalized spacial score (nSPS) is 11.8. The summed E-state index contributed by atoms with van der Waals surface area (Å²) >= 11 is 0. The predicted octanol–water partition coefficient (Wildman–Crippen LogP) is 5.64. The topological polar surface area (TPSA) is 58.2 Å². The van der Waals surface area contributed by atoms with Crippen LogP contribution in [-0.2, 0) is 16.0 Å². The first-order valence-electron chi connectivity index (χ1n) is 9.72. The molecular weight excluding hydrogens is 348 g/mol. The molecule has 28 heavy (non-hydrogen) atoms. The van der Waals surface area contributed by atoms with Gasteiger partial charge in [-0.15, -0.1) is 0 Å². The second kappa shape index (κ2) is 8.59. The Bertz CT molecular complexity index is 808. The van der Waals surface area contributed by atoms with Crippen LogP contribution >= 0.6 is 0 Å². The molecule has 0 radical (unpaired) electrons. The van der Waals surface area contributed by atoms with Crippen molar-refractivity contribution >= 4 is 23.2 Å². The van der Waals surface area contributed by atoms with Gasteiger partial charge in [0.25, 0.3) is 0 Å². The molecule has 0 atom stereocenters. The van der Waals surface area contributed by atoms with E-state index in [9.17, 15) is 9.59 Å². The summed E-state index contributed by atoms with van der Waals surface area (Å²) in [6.45, 7) is 11.8. The Kier molecular flexibility index (Phi) is 6.65. The predicted molar refractivity (Wildman–Crippen MR) is 116 cm³/mol. The van der Waals surface area contributed by atoms with E-state index in [2.05, 4.69) is 31.4 Å². The van der Waals surface area contributed by atoms with Crippen LogP contribution in [0.2, 0.25) is 0 Å². The maximum absolute atomic E-state index is 12.1. The zero-order valence-electron chi connectivity index (χ0n) is 17.8. The maximum atomic E-state index is 12.1. The highest BCUT2D eigenvalue weighted by Gasteiger charge is 2.21. The fraction of sp³-hybridized carbons (Fsp3) is 0.417. The van der Waals surface area contributed by atoms with Crippen molar-refractivity contribution in [1.29, 1.82) is 0 Å². The first-order valence-corrected chi connectivity index (χ1v) is 9.72. The molecule has 150 valence electrons. The van der Waals surface area contributed by atoms with Crippen molar-refractivity contribution in [1.82, 2.24) is 0 Å². The third-order valence-electron chi connectivity index (χ3n) is 4.23. The van der Waals surface area contributed by atoms with Crippen LogP contribution in [0.15, 0.2) is 48.5 Å². The van der Waals surface area contributed by atoms with E-state index in [1.807, 2.05) is 69.3 Å². The number of nitrogens with one attached hydrogen (secondary N) is 2. The highest BCUT2D eigenvalue weighted by molar-refractivity contribution is 5.94. The lowest BCUT2D eigenvalue weighted by Gasteiger charge is -2.18. The largest absolute Gasteiger partial charge is 0.326 e. The van der Waals surface area contributed by atoms with Crippen molar-refractivity contribution in [3.05, 3.63) is 59.7 Å². The second-order valence-electron chi connectivity index (χ2n) is 9.56. The Hall–Kier alpha value is -2.62. The van der Waals surface area contributed by atoms with Crippen molar-refractivity contribution < 1.29 is 9.59 Å². The number of rotatable bonds is 5. The lowest BCUT2D eigenvalue weighted by atomic mass is 9.92. The molecule has 0 spiro atoms. The molecule has 2 aromatic carbocycles. The summed E-state index contributed by atoms with van der Waals surface area (Å²) in [5.74, 6) is 0.0393. The van der Waals surface area contributed by atoms with Crippen LogP contribution in [0.4, 0.5) is 11.4 Å². The first-order chi connectivity index (χ1) is 12.9. The van der Waals surface area contributed by atoms with Gasteiger partial charge in [0.15, 0.2) is 0 Å². The summed E-state index contributed by atoms with van der Waals surface area (Å²) in [5.41, 5.74) is 3.52. The Balaban J connectivity index is 1.93. The van der Waals surface area contributed by atoms with Gasteiger partial charge in [0, 0.05) is 23.2 Å². The minimum atomic E-state index is -0.414. The molecule has 2 N–H and O–H groups in total. The fourth-order valence-corrected chi connectivity index (χ4v) is 2.65. The molecule has 4 nitrogen and oxygen atoms in total. The number of benzene rings is 2. The highest BCUT2D eigenvalue weighted by Crippen LogP contribution is 2.21. The van der Waals surface area contributed by atoms with Crippen LogP contribution in [0.25, 0.3) is 0 Å². The molecule has 0 unspecified atom stereocenters. The molecule has 4 heteroatoms. The van der Waals surface area contributed by atoms with Crippen molar-refractivity contribution in [3.8, 4) is 0 Å². The van der Waals surface area contributed by atoms with Gasteiger partial charge in [-0.25, -0.2) is 0 Å². The van der Waals surface area contributed by atoms with Crippen LogP contribution in [0.3, 0.4) is 0 Å². The summed E-state index contributed by atoms with van der Waals surface area (Å²) in [6.07, 6.45) is 1.29. The zero-order valence-corrected chi connectivity index (χ0v) is 17.8. The molecule has 0 aliphatic carbocycles. The average molecular weight is 381 g/mol. The maximum Gasteiger partial charge on any atom is 0.229 e. The molecule has 0 saturated heterocycles. The molecule has 0 aliphatic rings. The molecule has 2 amide bonds. The van der Waals surface area contributed by atoms with Crippen LogP contribution in [0.1, 0.15) is 59.1 Å². The lowest BCUT2D eigenvalue weighted by molar-refractivity contribution is -0.123. The van der Waals surface area contributed by atoms with Crippen molar-refractivity contribution in [3.63, 3.8) is 0 Å². The number of hydrogen-bond donors (Lipinski definition) is 2. The standard InChI is InChI=1S/C24H32N2O2/c1-23(2,3)16-21(27)25-19-11-7-17(8-12-19)15-18-9-13-20(14-10-18)26-22(28)24(4,5)6/h7-14H,15-16H2,1-6H3,(H,25,27)(H,26,28). The van der Waals surface area contributed by atoms with Gasteiger partial charge in [-0.05, 0) is 47.2 Å². The molecular formula is C24H32N2O2. The molecule has 0 aliphatic heterocycles. The fourth-order valence-electron chi connectivity index (χ4n) is 2.65. The molecule has 0 heterocycles. The second-order valence-corrected chi connectivity index (χ2v) is 9.56. The molecule has 0 fully saturated rings. The number of carbonyl (C=O) groups is 2. The quantitative estimate of drug-likeness (QED) is 0.705. The Morgan fingerprint density at radius 3 is 1.54 bits per heavy atom. The van der Waals surface area contributed by atoms with E-state index in [-0.39, 0.29) is 17.2 Å². The summed E-state index contributed by atoms with van der Waals surface area (Å²) in [7, 11) is 0. The minimum absolute atomic E-state index is 0.00402.